The van der Waals surface area contributed by atoms with Gasteiger partial charge in [-0.1, -0.05) is 20.3 Å². The highest BCUT2D eigenvalue weighted by atomic mass is 14.7. The average Bonchev–Trinajstić information content (AvgIpc) is 1.64. The second-order valence-electron chi connectivity index (χ2n) is 3.67. The molecule has 0 spiro atoms. The largest absolute Gasteiger partial charge is 0.0648 e. The van der Waals surface area contributed by atoms with Crippen LogP contribution < -0.4 is 0 Å². The molecule has 8 heavy (non-hydrogen) atoms. The maximum atomic E-state index is 2.42. The highest BCUT2D eigenvalue weighted by molar-refractivity contribution is 5.10. The van der Waals surface area contributed by atoms with Gasteiger partial charge in [0.1, 0.15) is 0 Å². The van der Waals surface area contributed by atoms with E-state index in [1.54, 1.807) is 12.8 Å². The van der Waals surface area contributed by atoms with Crippen LogP contribution in [0.3, 0.4) is 0 Å². The first-order valence-electron chi connectivity index (χ1n) is 3.78. The highest BCUT2D eigenvalue weighted by Gasteiger charge is 2.61. The third-order valence-electron chi connectivity index (χ3n) is 3.71. The predicted octanol–water partition coefficient (Wildman–Crippen LogP) is 2.44. The van der Waals surface area contributed by atoms with E-state index in [1.165, 1.54) is 6.42 Å². The zero-order chi connectivity index (χ0) is 5.78. The molecular weight excluding hydrogens is 96.1 g/mol. The van der Waals surface area contributed by atoms with Crippen LogP contribution >= 0.6 is 0 Å². The van der Waals surface area contributed by atoms with E-state index >= 15 is 0 Å². The molecule has 46 valence electrons. The topological polar surface area (TPSA) is 0 Å². The van der Waals surface area contributed by atoms with Crippen molar-refractivity contribution in [2.24, 2.45) is 17.3 Å². The van der Waals surface area contributed by atoms with E-state index in [9.17, 15) is 0 Å². The van der Waals surface area contributed by atoms with Crippen LogP contribution in [0.25, 0.3) is 0 Å². The van der Waals surface area contributed by atoms with Gasteiger partial charge in [0.15, 0.2) is 0 Å². The summed E-state index contributed by atoms with van der Waals surface area (Å²) in [7, 11) is 0. The van der Waals surface area contributed by atoms with Gasteiger partial charge in [-0.2, -0.15) is 0 Å². The Bertz CT molecular complexity index is 104. The molecule has 0 aromatic carbocycles. The highest BCUT2D eigenvalue weighted by Crippen LogP contribution is 2.70. The molecule has 0 heteroatoms. The third kappa shape index (κ3) is 0.284. The lowest BCUT2D eigenvalue weighted by Crippen LogP contribution is -2.59. The van der Waals surface area contributed by atoms with Crippen molar-refractivity contribution in [1.82, 2.24) is 0 Å². The Labute approximate surface area is 51.3 Å². The minimum atomic E-state index is 0.866. The maximum Gasteiger partial charge on any atom is -0.0266 e. The van der Waals surface area contributed by atoms with Crippen LogP contribution in [0.2, 0.25) is 0 Å². The van der Waals surface area contributed by atoms with Gasteiger partial charge in [0, 0.05) is 0 Å². The normalized spacial score (nSPS) is 59.2. The number of hydrogen-bond acceptors (Lipinski definition) is 0. The van der Waals surface area contributed by atoms with Crippen molar-refractivity contribution in [2.75, 3.05) is 0 Å². The molecular formula is C8H14. The lowest BCUT2D eigenvalue weighted by atomic mass is 9.37. The van der Waals surface area contributed by atoms with Crippen molar-refractivity contribution in [3.8, 4) is 0 Å². The van der Waals surface area contributed by atoms with Crippen LogP contribution in [0.15, 0.2) is 0 Å². The summed E-state index contributed by atoms with van der Waals surface area (Å²) in [4.78, 5) is 0. The molecule has 3 fully saturated rings. The first-order valence-corrected chi connectivity index (χ1v) is 3.78. The fourth-order valence-corrected chi connectivity index (χ4v) is 2.50. The lowest BCUT2D eigenvalue weighted by Gasteiger charge is -2.68. The summed E-state index contributed by atoms with van der Waals surface area (Å²) in [6.45, 7) is 4.76. The molecule has 1 unspecified atom stereocenters. The third-order valence-corrected chi connectivity index (χ3v) is 3.71. The first-order chi connectivity index (χ1) is 3.78. The molecule has 0 nitrogen and oxygen atoms in total. The van der Waals surface area contributed by atoms with Gasteiger partial charge in [-0.3, -0.25) is 0 Å². The van der Waals surface area contributed by atoms with Crippen molar-refractivity contribution in [2.45, 2.75) is 33.1 Å². The van der Waals surface area contributed by atoms with E-state index in [2.05, 4.69) is 13.8 Å². The summed E-state index contributed by atoms with van der Waals surface area (Å²) in [5, 5.41) is 0. The summed E-state index contributed by atoms with van der Waals surface area (Å²) >= 11 is 0. The van der Waals surface area contributed by atoms with E-state index in [-0.39, 0.29) is 0 Å². The summed E-state index contributed by atoms with van der Waals surface area (Å²) < 4.78 is 0. The van der Waals surface area contributed by atoms with E-state index in [0.29, 0.717) is 0 Å². The Hall–Kier alpha value is 0. The minimum Gasteiger partial charge on any atom is -0.0648 e. The molecule has 0 N–H and O–H groups in total. The SMILES string of the molecule is CCC12CC(C1)C2C. The van der Waals surface area contributed by atoms with E-state index in [4.69, 9.17) is 0 Å². The van der Waals surface area contributed by atoms with E-state index < -0.39 is 0 Å². The molecule has 3 rings (SSSR count). The molecule has 1 atom stereocenters. The Balaban J connectivity index is 2.08. The van der Waals surface area contributed by atoms with Crippen LogP contribution in [0.4, 0.5) is 0 Å². The zero-order valence-electron chi connectivity index (χ0n) is 5.78. The van der Waals surface area contributed by atoms with Gasteiger partial charge in [0.25, 0.3) is 0 Å². The Morgan fingerprint density at radius 1 is 1.50 bits per heavy atom. The van der Waals surface area contributed by atoms with E-state index in [0.717, 1.165) is 17.3 Å². The fraction of sp³-hybridized carbons (Fsp3) is 1.00. The van der Waals surface area contributed by atoms with Gasteiger partial charge >= 0.3 is 0 Å². The fourth-order valence-electron chi connectivity index (χ4n) is 2.50. The van der Waals surface area contributed by atoms with Crippen molar-refractivity contribution >= 4 is 0 Å². The van der Waals surface area contributed by atoms with Gasteiger partial charge < -0.3 is 0 Å². The van der Waals surface area contributed by atoms with Gasteiger partial charge in [0.2, 0.25) is 0 Å². The summed E-state index contributed by atoms with van der Waals surface area (Å²) in [5.74, 6) is 2.24. The zero-order valence-corrected chi connectivity index (χ0v) is 5.78. The average molecular weight is 110 g/mol. The van der Waals surface area contributed by atoms with Crippen LogP contribution in [0.5, 0.6) is 0 Å². The second kappa shape index (κ2) is 1.12. The van der Waals surface area contributed by atoms with Gasteiger partial charge in [0.05, 0.1) is 0 Å². The molecule has 0 radical (unpaired) electrons. The summed E-state index contributed by atoms with van der Waals surface area (Å²) in [5.41, 5.74) is 0.866. The smallest absolute Gasteiger partial charge is 0.0266 e. The monoisotopic (exact) mass is 110 g/mol. The second-order valence-corrected chi connectivity index (χ2v) is 3.67. The Morgan fingerprint density at radius 2 is 2.12 bits per heavy atom. The van der Waals surface area contributed by atoms with Gasteiger partial charge in [-0.05, 0) is 30.1 Å². The van der Waals surface area contributed by atoms with Gasteiger partial charge in [-0.15, -0.1) is 0 Å². The molecule has 3 aliphatic carbocycles. The summed E-state index contributed by atoms with van der Waals surface area (Å²) in [6.07, 6.45) is 4.56. The van der Waals surface area contributed by atoms with Crippen LogP contribution in [0, 0.1) is 17.3 Å². The number of hydrogen-bond donors (Lipinski definition) is 0. The van der Waals surface area contributed by atoms with Crippen molar-refractivity contribution in [3.63, 3.8) is 0 Å². The van der Waals surface area contributed by atoms with Crippen molar-refractivity contribution in [1.29, 1.82) is 0 Å². The van der Waals surface area contributed by atoms with Crippen LogP contribution in [0.1, 0.15) is 33.1 Å². The molecule has 3 aliphatic rings. The van der Waals surface area contributed by atoms with Gasteiger partial charge in [-0.25, -0.2) is 0 Å². The Kier molecular flexibility index (Phi) is 0.678. The molecule has 0 heterocycles. The molecule has 0 amide bonds. The first kappa shape index (κ1) is 4.84. The summed E-state index contributed by atoms with van der Waals surface area (Å²) in [6, 6.07) is 0. The van der Waals surface area contributed by atoms with Crippen LogP contribution in [-0.4, -0.2) is 0 Å². The van der Waals surface area contributed by atoms with E-state index in [1.807, 2.05) is 0 Å². The minimum absolute atomic E-state index is 0.866. The molecule has 2 bridgehead atoms. The standard InChI is InChI=1S/C8H14/c1-3-8-4-7(5-8)6(8)2/h6-7H,3-5H2,1-2H3. The van der Waals surface area contributed by atoms with Crippen molar-refractivity contribution in [3.05, 3.63) is 0 Å². The molecule has 0 aromatic rings. The maximum absolute atomic E-state index is 2.42. The van der Waals surface area contributed by atoms with Crippen molar-refractivity contribution < 1.29 is 0 Å². The predicted molar refractivity (Wildman–Crippen MR) is 34.6 cm³/mol. The molecule has 0 aliphatic heterocycles. The lowest BCUT2D eigenvalue weighted by molar-refractivity contribution is -0.181. The number of rotatable bonds is 1. The quantitative estimate of drug-likeness (QED) is 0.486. The Morgan fingerprint density at radius 3 is 2.12 bits per heavy atom. The molecule has 3 saturated carbocycles. The molecule has 0 saturated heterocycles. The molecule has 0 aromatic heterocycles. The van der Waals surface area contributed by atoms with Crippen LogP contribution in [-0.2, 0) is 0 Å².